The number of anilines is 1. The number of amides is 1. The zero-order valence-electron chi connectivity index (χ0n) is 17.7. The molecule has 30 heavy (non-hydrogen) atoms. The molecule has 0 aromatic heterocycles. The summed E-state index contributed by atoms with van der Waals surface area (Å²) in [6.07, 6.45) is 10.9. The monoisotopic (exact) mass is 417 g/mol. The van der Waals surface area contributed by atoms with E-state index in [9.17, 15) is 13.6 Å². The lowest BCUT2D eigenvalue weighted by Gasteiger charge is -2.37. The molecule has 0 spiro atoms. The molecular weight excluding hydrogens is 384 g/mol. The van der Waals surface area contributed by atoms with Gasteiger partial charge in [-0.1, -0.05) is 6.08 Å². The van der Waals surface area contributed by atoms with E-state index in [-0.39, 0.29) is 17.5 Å². The Kier molecular flexibility index (Phi) is 7.03. The minimum Gasteiger partial charge on any atom is -0.367 e. The molecule has 1 aliphatic heterocycles. The number of nitrogens with one attached hydrogen (secondary N) is 1. The van der Waals surface area contributed by atoms with Gasteiger partial charge in [0.25, 0.3) is 0 Å². The van der Waals surface area contributed by atoms with Gasteiger partial charge in [-0.15, -0.1) is 0 Å². The Labute approximate surface area is 178 Å². The highest BCUT2D eigenvalue weighted by Crippen LogP contribution is 2.28. The van der Waals surface area contributed by atoms with Gasteiger partial charge in [0.05, 0.1) is 5.69 Å². The maximum Gasteiger partial charge on any atom is 0.247 e. The Morgan fingerprint density at radius 2 is 1.83 bits per heavy atom. The fourth-order valence-electron chi connectivity index (χ4n) is 5.06. The van der Waals surface area contributed by atoms with Crippen LogP contribution in [0.4, 0.5) is 14.5 Å². The summed E-state index contributed by atoms with van der Waals surface area (Å²) in [6, 6.07) is 4.01. The number of halogens is 2. The predicted octanol–water partition coefficient (Wildman–Crippen LogP) is 4.26. The van der Waals surface area contributed by atoms with Crippen LogP contribution in [0.3, 0.4) is 0 Å². The fraction of sp³-hybridized carbons (Fsp3) is 0.625. The third-order valence-electron chi connectivity index (χ3n) is 6.99. The van der Waals surface area contributed by atoms with Crippen LogP contribution in [0.15, 0.2) is 29.8 Å². The summed E-state index contributed by atoms with van der Waals surface area (Å²) >= 11 is 0. The average Bonchev–Trinajstić information content (AvgIpc) is 3.31. The van der Waals surface area contributed by atoms with Crippen LogP contribution in [-0.2, 0) is 4.79 Å². The number of hydrogen-bond acceptors (Lipinski definition) is 3. The largest absolute Gasteiger partial charge is 0.367 e. The van der Waals surface area contributed by atoms with E-state index in [0.29, 0.717) is 11.7 Å². The number of carbonyl (C=O) groups excluding carboxylic acids is 1. The SMILES string of the molecule is O=C(NC1CCC(CCN2CCN(c3cc(F)ccc3F)CC2)CC1)C1=CCCC1. The number of hydrogen-bond donors (Lipinski definition) is 1. The molecule has 4 rings (SSSR count). The quantitative estimate of drug-likeness (QED) is 0.751. The number of benzene rings is 1. The smallest absolute Gasteiger partial charge is 0.247 e. The second-order valence-electron chi connectivity index (χ2n) is 9.03. The van der Waals surface area contributed by atoms with E-state index in [1.165, 1.54) is 37.5 Å². The molecule has 0 radical (unpaired) electrons. The second-order valence-corrected chi connectivity index (χ2v) is 9.03. The maximum atomic E-state index is 14.0. The van der Waals surface area contributed by atoms with E-state index in [2.05, 4.69) is 16.3 Å². The Balaban J connectivity index is 1.14. The van der Waals surface area contributed by atoms with Crippen LogP contribution in [-0.4, -0.2) is 49.6 Å². The van der Waals surface area contributed by atoms with Crippen molar-refractivity contribution in [2.75, 3.05) is 37.6 Å². The Hall–Kier alpha value is -1.95. The van der Waals surface area contributed by atoms with Crippen LogP contribution in [0.1, 0.15) is 51.4 Å². The molecule has 1 aromatic rings. The molecule has 0 atom stereocenters. The lowest BCUT2D eigenvalue weighted by molar-refractivity contribution is -0.118. The summed E-state index contributed by atoms with van der Waals surface area (Å²) in [4.78, 5) is 16.6. The predicted molar refractivity (Wildman–Crippen MR) is 115 cm³/mol. The van der Waals surface area contributed by atoms with Gasteiger partial charge in [0.2, 0.25) is 5.91 Å². The van der Waals surface area contributed by atoms with Crippen molar-refractivity contribution in [3.05, 3.63) is 41.5 Å². The van der Waals surface area contributed by atoms with Gasteiger partial charge in [-0.25, -0.2) is 8.78 Å². The van der Waals surface area contributed by atoms with Gasteiger partial charge in [-0.05, 0) is 76.0 Å². The topological polar surface area (TPSA) is 35.6 Å². The molecule has 0 bridgehead atoms. The molecule has 4 nitrogen and oxygen atoms in total. The molecule has 6 heteroatoms. The third-order valence-corrected chi connectivity index (χ3v) is 6.99. The summed E-state index contributed by atoms with van der Waals surface area (Å²) in [5, 5.41) is 3.24. The van der Waals surface area contributed by atoms with Crippen LogP contribution in [0.5, 0.6) is 0 Å². The molecule has 2 fully saturated rings. The van der Waals surface area contributed by atoms with Gasteiger partial charge in [0.15, 0.2) is 0 Å². The summed E-state index contributed by atoms with van der Waals surface area (Å²) in [6.45, 7) is 4.30. The standard InChI is InChI=1S/C24H33F2N3O/c25-20-7-10-22(26)23(17-20)29-15-13-28(14-16-29)12-11-18-5-8-21(9-6-18)27-24(30)19-3-1-2-4-19/h3,7,10,17-18,21H,1-2,4-6,8-9,11-16H2,(H,27,30). The van der Waals surface area contributed by atoms with Gasteiger partial charge in [0.1, 0.15) is 11.6 Å². The molecule has 1 saturated heterocycles. The van der Waals surface area contributed by atoms with E-state index in [1.807, 2.05) is 4.90 Å². The Bertz CT molecular complexity index is 766. The lowest BCUT2D eigenvalue weighted by atomic mass is 9.84. The van der Waals surface area contributed by atoms with Crippen molar-refractivity contribution < 1.29 is 13.6 Å². The summed E-state index contributed by atoms with van der Waals surface area (Å²) in [5.74, 6) is 0.143. The Morgan fingerprint density at radius 3 is 2.53 bits per heavy atom. The number of nitrogens with zero attached hydrogens (tertiary/aromatic N) is 2. The normalized spacial score (nSPS) is 25.3. The van der Waals surface area contributed by atoms with Gasteiger partial charge in [-0.3, -0.25) is 9.69 Å². The number of allylic oxidation sites excluding steroid dienone is 1. The first-order valence-corrected chi connectivity index (χ1v) is 11.5. The van der Waals surface area contributed by atoms with Crippen molar-refractivity contribution in [1.29, 1.82) is 0 Å². The van der Waals surface area contributed by atoms with Crippen LogP contribution in [0.25, 0.3) is 0 Å². The van der Waals surface area contributed by atoms with Gasteiger partial charge in [0, 0.05) is 43.9 Å². The van der Waals surface area contributed by atoms with Crippen molar-refractivity contribution in [2.45, 2.75) is 57.4 Å². The molecule has 1 aromatic carbocycles. The van der Waals surface area contributed by atoms with Gasteiger partial charge < -0.3 is 10.2 Å². The molecule has 3 aliphatic rings. The lowest BCUT2D eigenvalue weighted by Crippen LogP contribution is -2.47. The first kappa shape index (κ1) is 21.3. The maximum absolute atomic E-state index is 14.0. The highest BCUT2D eigenvalue weighted by atomic mass is 19.1. The molecule has 0 unspecified atom stereocenters. The number of rotatable bonds is 6. The number of piperazine rings is 1. The Morgan fingerprint density at radius 1 is 1.07 bits per heavy atom. The van der Waals surface area contributed by atoms with Crippen molar-refractivity contribution in [1.82, 2.24) is 10.2 Å². The molecular formula is C24H33F2N3O. The second kappa shape index (κ2) is 9.90. The molecule has 1 N–H and O–H groups in total. The van der Waals surface area contributed by atoms with Crippen molar-refractivity contribution in [3.63, 3.8) is 0 Å². The van der Waals surface area contributed by atoms with E-state index < -0.39 is 0 Å². The first-order valence-electron chi connectivity index (χ1n) is 11.5. The van der Waals surface area contributed by atoms with E-state index in [0.717, 1.165) is 76.3 Å². The van der Waals surface area contributed by atoms with Crippen LogP contribution in [0, 0.1) is 17.6 Å². The zero-order valence-corrected chi connectivity index (χ0v) is 17.7. The van der Waals surface area contributed by atoms with E-state index in [1.54, 1.807) is 0 Å². The van der Waals surface area contributed by atoms with Crippen LogP contribution < -0.4 is 10.2 Å². The number of carbonyl (C=O) groups is 1. The first-order chi connectivity index (χ1) is 14.6. The summed E-state index contributed by atoms with van der Waals surface area (Å²) in [5.41, 5.74) is 1.36. The minimum absolute atomic E-state index is 0.156. The molecule has 1 amide bonds. The molecule has 2 aliphatic carbocycles. The minimum atomic E-state index is -0.388. The highest BCUT2D eigenvalue weighted by Gasteiger charge is 2.25. The van der Waals surface area contributed by atoms with Gasteiger partial charge >= 0.3 is 0 Å². The van der Waals surface area contributed by atoms with Crippen LogP contribution in [0.2, 0.25) is 0 Å². The molecule has 164 valence electrons. The zero-order chi connectivity index (χ0) is 20.9. The average molecular weight is 418 g/mol. The van der Waals surface area contributed by atoms with E-state index >= 15 is 0 Å². The van der Waals surface area contributed by atoms with Crippen molar-refractivity contribution >= 4 is 11.6 Å². The molecule has 1 saturated carbocycles. The van der Waals surface area contributed by atoms with Gasteiger partial charge in [-0.2, -0.15) is 0 Å². The van der Waals surface area contributed by atoms with E-state index in [4.69, 9.17) is 0 Å². The van der Waals surface area contributed by atoms with Crippen LogP contribution >= 0.6 is 0 Å². The van der Waals surface area contributed by atoms with Crippen molar-refractivity contribution in [3.8, 4) is 0 Å². The van der Waals surface area contributed by atoms with Crippen molar-refractivity contribution in [2.24, 2.45) is 5.92 Å². The third kappa shape index (κ3) is 5.39. The fourth-order valence-corrected chi connectivity index (χ4v) is 5.06. The molecule has 1 heterocycles. The summed E-state index contributed by atoms with van der Waals surface area (Å²) in [7, 11) is 0. The highest BCUT2D eigenvalue weighted by molar-refractivity contribution is 5.93. The summed E-state index contributed by atoms with van der Waals surface area (Å²) < 4.78 is 27.4.